The van der Waals surface area contributed by atoms with Gasteiger partial charge in [-0.05, 0) is 46.5 Å². The highest BCUT2D eigenvalue weighted by Crippen LogP contribution is 2.31. The number of benzene rings is 1. The number of nitrogens with two attached hydrogens (primary N) is 1. The van der Waals surface area contributed by atoms with Gasteiger partial charge in [-0.15, -0.1) is 0 Å². The molecular formula is C17H22BrN3. The van der Waals surface area contributed by atoms with E-state index in [2.05, 4.69) is 73.7 Å². The first-order chi connectivity index (χ1) is 9.68. The summed E-state index contributed by atoms with van der Waals surface area (Å²) in [5.74, 6) is 1.28. The van der Waals surface area contributed by atoms with Crippen molar-refractivity contribution in [2.45, 2.75) is 46.5 Å². The lowest BCUT2D eigenvalue weighted by atomic mass is 9.91. The molecule has 0 atom stereocenters. The van der Waals surface area contributed by atoms with Crippen LogP contribution >= 0.6 is 15.9 Å². The van der Waals surface area contributed by atoms with Crippen LogP contribution in [0.25, 0.3) is 0 Å². The lowest BCUT2D eigenvalue weighted by Gasteiger charge is -2.21. The zero-order valence-corrected chi connectivity index (χ0v) is 14.9. The minimum Gasteiger partial charge on any atom is -0.383 e. The Kier molecular flexibility index (Phi) is 4.38. The number of anilines is 1. The molecule has 3 nitrogen and oxygen atoms in total. The number of nitrogens with zero attached hydrogens (tertiary/aromatic N) is 2. The second-order valence-electron chi connectivity index (χ2n) is 6.53. The van der Waals surface area contributed by atoms with E-state index in [9.17, 15) is 0 Å². The maximum absolute atomic E-state index is 6.03. The van der Waals surface area contributed by atoms with Gasteiger partial charge >= 0.3 is 0 Å². The second-order valence-corrected chi connectivity index (χ2v) is 7.33. The van der Waals surface area contributed by atoms with Gasteiger partial charge in [-0.2, -0.15) is 0 Å². The Bertz CT molecular complexity index is 672. The Morgan fingerprint density at radius 2 is 1.76 bits per heavy atom. The molecule has 0 amide bonds. The van der Waals surface area contributed by atoms with Gasteiger partial charge in [-0.25, -0.2) is 9.97 Å². The molecule has 0 unspecified atom stereocenters. The van der Waals surface area contributed by atoms with Crippen molar-refractivity contribution in [2.75, 3.05) is 5.73 Å². The lowest BCUT2D eigenvalue weighted by molar-refractivity contribution is 0.560. The van der Waals surface area contributed by atoms with Gasteiger partial charge in [0, 0.05) is 11.8 Å². The summed E-state index contributed by atoms with van der Waals surface area (Å²) in [6, 6.07) is 6.45. The van der Waals surface area contributed by atoms with E-state index in [1.165, 1.54) is 16.7 Å². The van der Waals surface area contributed by atoms with E-state index >= 15 is 0 Å². The van der Waals surface area contributed by atoms with Crippen molar-refractivity contribution < 1.29 is 0 Å². The van der Waals surface area contributed by atoms with Crippen LogP contribution in [-0.4, -0.2) is 9.97 Å². The Labute approximate surface area is 135 Å². The average Bonchev–Trinajstić information content (AvgIpc) is 2.36. The van der Waals surface area contributed by atoms with Gasteiger partial charge in [0.25, 0.3) is 0 Å². The topological polar surface area (TPSA) is 51.8 Å². The molecule has 0 aliphatic carbocycles. The van der Waals surface area contributed by atoms with Crippen molar-refractivity contribution in [3.05, 3.63) is 50.9 Å². The van der Waals surface area contributed by atoms with Gasteiger partial charge in [-0.1, -0.05) is 39.0 Å². The summed E-state index contributed by atoms with van der Waals surface area (Å²) in [4.78, 5) is 9.13. The molecule has 2 aromatic rings. The van der Waals surface area contributed by atoms with E-state index < -0.39 is 0 Å². The first-order valence-corrected chi connectivity index (χ1v) is 7.86. The largest absolute Gasteiger partial charge is 0.383 e. The van der Waals surface area contributed by atoms with Crippen LogP contribution in [0.4, 0.5) is 5.82 Å². The fourth-order valence-corrected chi connectivity index (χ4v) is 2.96. The third kappa shape index (κ3) is 3.62. The summed E-state index contributed by atoms with van der Waals surface area (Å²) in [6.45, 7) is 10.6. The standard InChI is InChI=1S/C17H22BrN3/c1-10-6-7-12(8-11(10)2)9-13-20-15(17(3,4)5)14(18)16(19)21-13/h6-8H,9H2,1-5H3,(H2,19,20,21). The molecule has 2 rings (SSSR count). The molecule has 0 saturated carbocycles. The number of aromatic nitrogens is 2. The van der Waals surface area contributed by atoms with Crippen molar-refractivity contribution in [3.63, 3.8) is 0 Å². The summed E-state index contributed by atoms with van der Waals surface area (Å²) in [5.41, 5.74) is 10.7. The molecule has 0 radical (unpaired) electrons. The Morgan fingerprint density at radius 1 is 1.10 bits per heavy atom. The molecule has 0 aliphatic heterocycles. The Hall–Kier alpha value is -1.42. The minimum absolute atomic E-state index is 0.0756. The zero-order valence-electron chi connectivity index (χ0n) is 13.3. The van der Waals surface area contributed by atoms with Crippen LogP contribution < -0.4 is 5.73 Å². The molecule has 4 heteroatoms. The highest BCUT2D eigenvalue weighted by Gasteiger charge is 2.22. The quantitative estimate of drug-likeness (QED) is 0.879. The normalized spacial score (nSPS) is 11.7. The van der Waals surface area contributed by atoms with Gasteiger partial charge in [0.1, 0.15) is 11.6 Å². The number of hydrogen-bond donors (Lipinski definition) is 1. The fraction of sp³-hybridized carbons (Fsp3) is 0.412. The Balaban J connectivity index is 2.41. The Morgan fingerprint density at radius 3 is 2.33 bits per heavy atom. The molecule has 1 aromatic heterocycles. The van der Waals surface area contributed by atoms with Gasteiger partial charge in [0.05, 0.1) is 10.2 Å². The van der Waals surface area contributed by atoms with Crippen LogP contribution in [0, 0.1) is 13.8 Å². The number of hydrogen-bond acceptors (Lipinski definition) is 3. The highest BCUT2D eigenvalue weighted by molar-refractivity contribution is 9.10. The molecule has 21 heavy (non-hydrogen) atoms. The van der Waals surface area contributed by atoms with E-state index in [1.54, 1.807) is 0 Å². The van der Waals surface area contributed by atoms with Crippen LogP contribution in [0.15, 0.2) is 22.7 Å². The van der Waals surface area contributed by atoms with Crippen molar-refractivity contribution in [2.24, 2.45) is 0 Å². The van der Waals surface area contributed by atoms with Gasteiger partial charge in [0.15, 0.2) is 0 Å². The monoisotopic (exact) mass is 347 g/mol. The molecule has 1 heterocycles. The van der Waals surface area contributed by atoms with E-state index in [4.69, 9.17) is 10.7 Å². The zero-order chi connectivity index (χ0) is 15.8. The first-order valence-electron chi connectivity index (χ1n) is 7.07. The van der Waals surface area contributed by atoms with E-state index in [0.717, 1.165) is 16.0 Å². The van der Waals surface area contributed by atoms with Crippen molar-refractivity contribution in [1.29, 1.82) is 0 Å². The first kappa shape index (κ1) is 16.0. The third-order valence-electron chi connectivity index (χ3n) is 3.57. The molecule has 0 saturated heterocycles. The fourth-order valence-electron chi connectivity index (χ4n) is 2.18. The van der Waals surface area contributed by atoms with Crippen molar-refractivity contribution in [1.82, 2.24) is 9.97 Å². The molecular weight excluding hydrogens is 326 g/mol. The smallest absolute Gasteiger partial charge is 0.141 e. The van der Waals surface area contributed by atoms with Crippen molar-refractivity contribution >= 4 is 21.7 Å². The average molecular weight is 348 g/mol. The predicted molar refractivity (Wildman–Crippen MR) is 91.6 cm³/mol. The molecule has 0 fully saturated rings. The molecule has 2 N–H and O–H groups in total. The predicted octanol–water partition coefficient (Wildman–Crippen LogP) is 4.33. The molecule has 112 valence electrons. The molecule has 0 spiro atoms. The van der Waals surface area contributed by atoms with Crippen LogP contribution in [0.1, 0.15) is 49.0 Å². The summed E-state index contributed by atoms with van der Waals surface area (Å²) in [6.07, 6.45) is 0.696. The SMILES string of the molecule is Cc1ccc(Cc2nc(N)c(Br)c(C(C)(C)C)n2)cc1C. The second kappa shape index (κ2) is 5.76. The van der Waals surface area contributed by atoms with Crippen LogP contribution in [-0.2, 0) is 11.8 Å². The molecule has 0 bridgehead atoms. The summed E-state index contributed by atoms with van der Waals surface area (Å²) >= 11 is 3.51. The van der Waals surface area contributed by atoms with Crippen molar-refractivity contribution in [3.8, 4) is 0 Å². The van der Waals surface area contributed by atoms with Crippen LogP contribution in [0.5, 0.6) is 0 Å². The summed E-state index contributed by atoms with van der Waals surface area (Å²) in [5, 5.41) is 0. The van der Waals surface area contributed by atoms with E-state index in [0.29, 0.717) is 12.2 Å². The van der Waals surface area contributed by atoms with E-state index in [-0.39, 0.29) is 5.41 Å². The van der Waals surface area contributed by atoms with E-state index in [1.807, 2.05) is 0 Å². The highest BCUT2D eigenvalue weighted by atomic mass is 79.9. The number of nitrogen functional groups attached to an aromatic ring is 1. The number of halogens is 1. The lowest BCUT2D eigenvalue weighted by Crippen LogP contribution is -2.18. The molecule has 1 aromatic carbocycles. The number of rotatable bonds is 2. The maximum atomic E-state index is 6.03. The minimum atomic E-state index is -0.0756. The van der Waals surface area contributed by atoms with Gasteiger partial charge in [0.2, 0.25) is 0 Å². The summed E-state index contributed by atoms with van der Waals surface area (Å²) in [7, 11) is 0. The van der Waals surface area contributed by atoms with Gasteiger partial charge in [-0.3, -0.25) is 0 Å². The third-order valence-corrected chi connectivity index (χ3v) is 4.35. The van der Waals surface area contributed by atoms with Crippen LogP contribution in [0.3, 0.4) is 0 Å². The molecule has 0 aliphatic rings. The number of aryl methyl sites for hydroxylation is 2. The maximum Gasteiger partial charge on any atom is 0.141 e. The van der Waals surface area contributed by atoms with Gasteiger partial charge < -0.3 is 5.73 Å². The van der Waals surface area contributed by atoms with Crippen LogP contribution in [0.2, 0.25) is 0 Å². The summed E-state index contributed by atoms with van der Waals surface area (Å²) < 4.78 is 0.804.